The highest BCUT2D eigenvalue weighted by Crippen LogP contribution is 2.18. The Hall–Kier alpha value is -2.07. The number of benzene rings is 1. The molecule has 0 amide bonds. The molecule has 0 saturated carbocycles. The normalized spacial score (nSPS) is 12.1. The quantitative estimate of drug-likeness (QED) is 0.823. The van der Waals surface area contributed by atoms with Crippen LogP contribution in [0.3, 0.4) is 0 Å². The average Bonchev–Trinajstić information content (AvgIpc) is 2.39. The Balaban J connectivity index is 2.23. The molecule has 4 heteroatoms. The molecule has 86 valence electrons. The maximum atomic E-state index is 12.7. The number of rotatable bonds is 3. The van der Waals surface area contributed by atoms with Crippen LogP contribution in [-0.4, -0.2) is 15.9 Å². The van der Waals surface area contributed by atoms with E-state index < -0.39 is 17.7 Å². The zero-order chi connectivity index (χ0) is 12.3. The third-order valence-corrected chi connectivity index (χ3v) is 2.38. The fourth-order valence-corrected chi connectivity index (χ4v) is 1.46. The molecule has 1 atom stereocenters. The smallest absolute Gasteiger partial charge is 0.197 e. The molecule has 0 saturated heterocycles. The number of ketones is 1. The molecule has 0 aliphatic rings. The zero-order valence-corrected chi connectivity index (χ0v) is 8.88. The molecule has 0 spiro atoms. The predicted octanol–water partition coefficient (Wildman–Crippen LogP) is 2.14. The number of pyridine rings is 1. The summed E-state index contributed by atoms with van der Waals surface area (Å²) in [6, 6.07) is 8.36. The van der Waals surface area contributed by atoms with E-state index in [0.717, 1.165) is 0 Å². The molecule has 2 rings (SSSR count). The predicted molar refractivity (Wildman–Crippen MR) is 59.9 cm³/mol. The van der Waals surface area contributed by atoms with Gasteiger partial charge in [-0.2, -0.15) is 0 Å². The Labute approximate surface area is 97.6 Å². The fourth-order valence-electron chi connectivity index (χ4n) is 1.46. The summed E-state index contributed by atoms with van der Waals surface area (Å²) in [6.07, 6.45) is 1.63. The van der Waals surface area contributed by atoms with E-state index in [1.807, 2.05) is 0 Å². The monoisotopic (exact) mass is 231 g/mol. The lowest BCUT2D eigenvalue weighted by Gasteiger charge is -2.09. The van der Waals surface area contributed by atoms with Gasteiger partial charge in [0.2, 0.25) is 0 Å². The Morgan fingerprint density at radius 2 is 1.94 bits per heavy atom. The summed E-state index contributed by atoms with van der Waals surface area (Å²) in [7, 11) is 0. The average molecular weight is 231 g/mol. The van der Waals surface area contributed by atoms with Crippen LogP contribution in [0.25, 0.3) is 0 Å². The van der Waals surface area contributed by atoms with Crippen molar-refractivity contribution in [2.45, 2.75) is 6.10 Å². The number of nitrogens with zero attached hydrogens (tertiary/aromatic N) is 1. The molecule has 0 fully saturated rings. The number of carbonyl (C=O) groups is 1. The van der Waals surface area contributed by atoms with Crippen LogP contribution in [0.2, 0.25) is 0 Å². The van der Waals surface area contributed by atoms with Crippen molar-refractivity contribution < 1.29 is 14.3 Å². The van der Waals surface area contributed by atoms with Gasteiger partial charge in [0.15, 0.2) is 5.78 Å². The van der Waals surface area contributed by atoms with Crippen molar-refractivity contribution in [1.82, 2.24) is 4.98 Å². The molecule has 0 radical (unpaired) electrons. The maximum absolute atomic E-state index is 12.7. The van der Waals surface area contributed by atoms with Crippen molar-refractivity contribution in [3.8, 4) is 0 Å². The summed E-state index contributed by atoms with van der Waals surface area (Å²) in [5, 5.41) is 9.83. The topological polar surface area (TPSA) is 50.2 Å². The summed E-state index contributed by atoms with van der Waals surface area (Å²) < 4.78 is 12.7. The number of aromatic nitrogens is 1. The van der Waals surface area contributed by atoms with Gasteiger partial charge in [0.05, 0.1) is 0 Å². The fraction of sp³-hybridized carbons (Fsp3) is 0.0769. The largest absolute Gasteiger partial charge is 0.380 e. The molecule has 1 N–H and O–H groups in total. The highest BCUT2D eigenvalue weighted by atomic mass is 19.1. The summed E-state index contributed by atoms with van der Waals surface area (Å²) in [4.78, 5) is 15.7. The highest BCUT2D eigenvalue weighted by Gasteiger charge is 2.18. The zero-order valence-electron chi connectivity index (χ0n) is 8.88. The van der Waals surface area contributed by atoms with E-state index in [2.05, 4.69) is 4.98 Å². The Morgan fingerprint density at radius 3 is 2.53 bits per heavy atom. The molecule has 1 heterocycles. The molecule has 0 aliphatic carbocycles. The minimum Gasteiger partial charge on any atom is -0.380 e. The number of aliphatic hydroxyl groups is 1. The molecule has 3 nitrogen and oxygen atoms in total. The third kappa shape index (κ3) is 2.54. The summed E-state index contributed by atoms with van der Waals surface area (Å²) >= 11 is 0. The van der Waals surface area contributed by atoms with E-state index in [1.54, 1.807) is 18.3 Å². The van der Waals surface area contributed by atoms with Gasteiger partial charge in [-0.15, -0.1) is 0 Å². The number of aliphatic hydroxyl groups excluding tert-OH is 1. The number of halogens is 1. The van der Waals surface area contributed by atoms with E-state index in [4.69, 9.17) is 0 Å². The first kappa shape index (κ1) is 11.4. The molecule has 0 aliphatic heterocycles. The summed E-state index contributed by atoms with van der Waals surface area (Å²) in [5.41, 5.74) is 0.685. The van der Waals surface area contributed by atoms with E-state index in [9.17, 15) is 14.3 Å². The molecular weight excluding hydrogens is 221 g/mol. The number of Topliss-reactive ketones (excluding diaryl/α,β-unsaturated/α-hetero) is 1. The van der Waals surface area contributed by atoms with Crippen LogP contribution >= 0.6 is 0 Å². The number of hydrogen-bond donors (Lipinski definition) is 1. The standard InChI is InChI=1S/C13H10FNO2/c14-11-5-3-9(4-6-11)12(16)13(17)10-2-1-7-15-8-10/h1-8,12,16H. The lowest BCUT2D eigenvalue weighted by molar-refractivity contribution is 0.0747. The van der Waals surface area contributed by atoms with Crippen LogP contribution in [0.15, 0.2) is 48.8 Å². The van der Waals surface area contributed by atoms with Crippen LogP contribution in [0.4, 0.5) is 4.39 Å². The van der Waals surface area contributed by atoms with Crippen molar-refractivity contribution in [3.05, 3.63) is 65.7 Å². The van der Waals surface area contributed by atoms with Crippen LogP contribution < -0.4 is 0 Å². The Kier molecular flexibility index (Phi) is 3.25. The van der Waals surface area contributed by atoms with Gasteiger partial charge in [0.1, 0.15) is 11.9 Å². The first-order chi connectivity index (χ1) is 8.18. The first-order valence-electron chi connectivity index (χ1n) is 5.06. The van der Waals surface area contributed by atoms with Crippen LogP contribution in [0, 0.1) is 5.82 Å². The van der Waals surface area contributed by atoms with Crippen LogP contribution in [-0.2, 0) is 0 Å². The third-order valence-electron chi connectivity index (χ3n) is 2.38. The second-order valence-electron chi connectivity index (χ2n) is 3.56. The van der Waals surface area contributed by atoms with Crippen LogP contribution in [0.5, 0.6) is 0 Å². The molecule has 1 aromatic heterocycles. The molecule has 2 aromatic rings. The Bertz CT molecular complexity index is 511. The van der Waals surface area contributed by atoms with Crippen molar-refractivity contribution in [1.29, 1.82) is 0 Å². The van der Waals surface area contributed by atoms with Crippen molar-refractivity contribution in [3.63, 3.8) is 0 Å². The van der Waals surface area contributed by atoms with E-state index in [0.29, 0.717) is 11.1 Å². The lowest BCUT2D eigenvalue weighted by Crippen LogP contribution is -2.12. The van der Waals surface area contributed by atoms with Gasteiger partial charge in [-0.05, 0) is 29.8 Å². The van der Waals surface area contributed by atoms with Crippen LogP contribution in [0.1, 0.15) is 22.0 Å². The van der Waals surface area contributed by atoms with E-state index in [1.165, 1.54) is 30.5 Å². The molecular formula is C13H10FNO2. The Morgan fingerprint density at radius 1 is 1.24 bits per heavy atom. The van der Waals surface area contributed by atoms with Gasteiger partial charge in [0, 0.05) is 18.0 Å². The SMILES string of the molecule is O=C(c1cccnc1)C(O)c1ccc(F)cc1. The van der Waals surface area contributed by atoms with Crippen molar-refractivity contribution in [2.24, 2.45) is 0 Å². The van der Waals surface area contributed by atoms with Gasteiger partial charge >= 0.3 is 0 Å². The summed E-state index contributed by atoms with van der Waals surface area (Å²) in [6.45, 7) is 0. The van der Waals surface area contributed by atoms with E-state index in [-0.39, 0.29) is 0 Å². The second-order valence-corrected chi connectivity index (χ2v) is 3.56. The summed E-state index contributed by atoms with van der Waals surface area (Å²) in [5.74, 6) is -0.862. The number of hydrogen-bond acceptors (Lipinski definition) is 3. The lowest BCUT2D eigenvalue weighted by atomic mass is 10.0. The first-order valence-corrected chi connectivity index (χ1v) is 5.06. The minimum atomic E-state index is -1.29. The highest BCUT2D eigenvalue weighted by molar-refractivity contribution is 5.99. The van der Waals surface area contributed by atoms with Gasteiger partial charge in [-0.3, -0.25) is 9.78 Å². The maximum Gasteiger partial charge on any atom is 0.197 e. The van der Waals surface area contributed by atoms with Crippen molar-refractivity contribution >= 4 is 5.78 Å². The van der Waals surface area contributed by atoms with Gasteiger partial charge < -0.3 is 5.11 Å². The number of carbonyl (C=O) groups excluding carboxylic acids is 1. The molecule has 0 bridgehead atoms. The van der Waals surface area contributed by atoms with Gasteiger partial charge in [-0.25, -0.2) is 4.39 Å². The van der Waals surface area contributed by atoms with Gasteiger partial charge in [0.25, 0.3) is 0 Å². The van der Waals surface area contributed by atoms with Gasteiger partial charge in [-0.1, -0.05) is 12.1 Å². The molecule has 1 unspecified atom stereocenters. The molecule has 17 heavy (non-hydrogen) atoms. The van der Waals surface area contributed by atoms with E-state index >= 15 is 0 Å². The van der Waals surface area contributed by atoms with Crippen molar-refractivity contribution in [2.75, 3.05) is 0 Å². The second kappa shape index (κ2) is 4.84. The minimum absolute atomic E-state index is 0.323. The molecule has 1 aromatic carbocycles.